The third kappa shape index (κ3) is 3.17. The highest BCUT2D eigenvalue weighted by Gasteiger charge is 2.25. The molecule has 136 valence electrons. The molecular formula is C18H20N4O4. The number of nitrogens with zero attached hydrogens (tertiary/aromatic N) is 4. The van der Waals surface area contributed by atoms with Gasteiger partial charge in [-0.25, -0.2) is 14.2 Å². The maximum Gasteiger partial charge on any atom is 0.419 e. The average molecular weight is 356 g/mol. The van der Waals surface area contributed by atoms with E-state index in [9.17, 15) is 9.59 Å². The van der Waals surface area contributed by atoms with E-state index in [-0.39, 0.29) is 5.69 Å². The first-order valence-corrected chi connectivity index (χ1v) is 8.04. The number of ether oxygens (including phenoxy) is 2. The molecule has 0 atom stereocenters. The Bertz CT molecular complexity index is 994. The molecule has 3 aromatic heterocycles. The number of aromatic nitrogens is 4. The van der Waals surface area contributed by atoms with Crippen molar-refractivity contribution in [2.45, 2.75) is 26.4 Å². The van der Waals surface area contributed by atoms with Gasteiger partial charge in [-0.1, -0.05) is 0 Å². The fourth-order valence-corrected chi connectivity index (χ4v) is 2.64. The van der Waals surface area contributed by atoms with Crippen LogP contribution in [0.15, 0.2) is 30.5 Å². The fraction of sp³-hybridized carbons (Fsp3) is 0.333. The number of methoxy groups -OCH3 is 1. The van der Waals surface area contributed by atoms with E-state index in [1.54, 1.807) is 58.3 Å². The van der Waals surface area contributed by atoms with Crippen LogP contribution in [-0.4, -0.2) is 44.1 Å². The van der Waals surface area contributed by atoms with E-state index in [0.717, 1.165) is 0 Å². The van der Waals surface area contributed by atoms with Crippen molar-refractivity contribution >= 4 is 23.1 Å². The Kier molecular flexibility index (Phi) is 4.27. The lowest BCUT2D eigenvalue weighted by atomic mass is 10.2. The zero-order valence-electron chi connectivity index (χ0n) is 15.3. The number of aryl methyl sites for hydroxylation is 1. The SMILES string of the molecule is COC(=O)c1cc(-c2cc3ncccc3n2C(=O)OC(C)(C)C)n(C)n1. The number of carbonyl (C=O) groups is 2. The van der Waals surface area contributed by atoms with E-state index in [0.29, 0.717) is 22.4 Å². The summed E-state index contributed by atoms with van der Waals surface area (Å²) < 4.78 is 13.2. The van der Waals surface area contributed by atoms with Crippen molar-refractivity contribution in [2.24, 2.45) is 7.05 Å². The second-order valence-corrected chi connectivity index (χ2v) is 6.78. The average Bonchev–Trinajstić information content (AvgIpc) is 3.12. The molecule has 3 aromatic rings. The van der Waals surface area contributed by atoms with Crippen molar-refractivity contribution in [3.8, 4) is 11.4 Å². The molecule has 0 saturated carbocycles. The zero-order valence-corrected chi connectivity index (χ0v) is 15.3. The lowest BCUT2D eigenvalue weighted by molar-refractivity contribution is 0.0545. The zero-order chi connectivity index (χ0) is 19.1. The number of hydrogen-bond acceptors (Lipinski definition) is 6. The normalized spacial score (nSPS) is 11.6. The molecule has 8 heteroatoms. The largest absolute Gasteiger partial charge is 0.464 e. The number of fused-ring (bicyclic) bond motifs is 1. The summed E-state index contributed by atoms with van der Waals surface area (Å²) in [6.07, 6.45) is 1.12. The number of rotatable bonds is 2. The van der Waals surface area contributed by atoms with Crippen LogP contribution in [0.4, 0.5) is 4.79 Å². The van der Waals surface area contributed by atoms with E-state index in [1.165, 1.54) is 16.4 Å². The minimum absolute atomic E-state index is 0.152. The smallest absolute Gasteiger partial charge is 0.419 e. The van der Waals surface area contributed by atoms with Gasteiger partial charge in [0.15, 0.2) is 5.69 Å². The summed E-state index contributed by atoms with van der Waals surface area (Å²) in [7, 11) is 2.98. The van der Waals surface area contributed by atoms with Crippen molar-refractivity contribution in [2.75, 3.05) is 7.11 Å². The molecule has 0 aromatic carbocycles. The Balaban J connectivity index is 2.20. The number of pyridine rings is 1. The molecule has 0 aliphatic rings. The third-order valence-corrected chi connectivity index (χ3v) is 3.68. The summed E-state index contributed by atoms with van der Waals surface area (Å²) in [6, 6.07) is 6.86. The molecule has 0 bridgehead atoms. The maximum atomic E-state index is 12.8. The highest BCUT2D eigenvalue weighted by atomic mass is 16.6. The summed E-state index contributed by atoms with van der Waals surface area (Å²) in [5.41, 5.74) is 1.83. The van der Waals surface area contributed by atoms with Crippen LogP contribution in [0.2, 0.25) is 0 Å². The summed E-state index contributed by atoms with van der Waals surface area (Å²) in [4.78, 5) is 28.9. The Morgan fingerprint density at radius 3 is 2.54 bits per heavy atom. The van der Waals surface area contributed by atoms with Crippen molar-refractivity contribution < 1.29 is 19.1 Å². The maximum absolute atomic E-state index is 12.8. The molecule has 0 fully saturated rings. The standard InChI is InChI=1S/C18H20N4O4/c1-18(2,3)26-17(24)22-13-7-6-8-19-11(13)9-15(22)14-10-12(16(23)25-5)20-21(14)4/h6-10H,1-5H3. The topological polar surface area (TPSA) is 88.2 Å². The van der Waals surface area contributed by atoms with Gasteiger partial charge in [0.1, 0.15) is 5.60 Å². The molecule has 0 spiro atoms. The first-order chi connectivity index (χ1) is 12.2. The van der Waals surface area contributed by atoms with Crippen LogP contribution in [0.5, 0.6) is 0 Å². The molecule has 8 nitrogen and oxygen atoms in total. The monoisotopic (exact) mass is 356 g/mol. The van der Waals surface area contributed by atoms with Crippen molar-refractivity contribution in [1.29, 1.82) is 0 Å². The Hall–Kier alpha value is -3.16. The fourth-order valence-electron chi connectivity index (χ4n) is 2.64. The van der Waals surface area contributed by atoms with Gasteiger partial charge in [-0.05, 0) is 39.0 Å². The summed E-state index contributed by atoms with van der Waals surface area (Å²) in [6.45, 7) is 5.40. The second-order valence-electron chi connectivity index (χ2n) is 6.78. The van der Waals surface area contributed by atoms with Crippen LogP contribution in [0, 0.1) is 0 Å². The van der Waals surface area contributed by atoms with Crippen molar-refractivity contribution in [3.05, 3.63) is 36.2 Å². The minimum atomic E-state index is -0.656. The van der Waals surface area contributed by atoms with Crippen LogP contribution >= 0.6 is 0 Å². The molecule has 3 heterocycles. The molecule has 0 aliphatic carbocycles. The highest BCUT2D eigenvalue weighted by molar-refractivity contribution is 5.95. The summed E-state index contributed by atoms with van der Waals surface area (Å²) in [5.74, 6) is -0.551. The quantitative estimate of drug-likeness (QED) is 0.656. The first-order valence-electron chi connectivity index (χ1n) is 8.04. The summed E-state index contributed by atoms with van der Waals surface area (Å²) >= 11 is 0. The molecular weight excluding hydrogens is 336 g/mol. The van der Waals surface area contributed by atoms with Gasteiger partial charge in [-0.15, -0.1) is 0 Å². The minimum Gasteiger partial charge on any atom is -0.464 e. The van der Waals surface area contributed by atoms with Gasteiger partial charge in [-0.3, -0.25) is 9.67 Å². The van der Waals surface area contributed by atoms with Gasteiger partial charge < -0.3 is 9.47 Å². The third-order valence-electron chi connectivity index (χ3n) is 3.68. The molecule has 0 amide bonds. The number of hydrogen-bond donors (Lipinski definition) is 0. The van der Waals surface area contributed by atoms with E-state index >= 15 is 0 Å². The van der Waals surface area contributed by atoms with Crippen LogP contribution in [0.25, 0.3) is 22.4 Å². The van der Waals surface area contributed by atoms with Crippen LogP contribution < -0.4 is 0 Å². The predicted molar refractivity (Wildman–Crippen MR) is 94.9 cm³/mol. The van der Waals surface area contributed by atoms with Gasteiger partial charge in [0, 0.05) is 19.3 Å². The molecule has 0 aliphatic heterocycles. The first kappa shape index (κ1) is 17.7. The van der Waals surface area contributed by atoms with Crippen LogP contribution in [0.3, 0.4) is 0 Å². The predicted octanol–water partition coefficient (Wildman–Crippen LogP) is 3.01. The van der Waals surface area contributed by atoms with Gasteiger partial charge in [0.05, 0.1) is 29.5 Å². The Labute approximate surface area is 150 Å². The Morgan fingerprint density at radius 2 is 1.88 bits per heavy atom. The van der Waals surface area contributed by atoms with Crippen molar-refractivity contribution in [3.63, 3.8) is 0 Å². The second kappa shape index (κ2) is 6.29. The summed E-state index contributed by atoms with van der Waals surface area (Å²) in [5, 5.41) is 4.16. The highest BCUT2D eigenvalue weighted by Crippen LogP contribution is 2.28. The van der Waals surface area contributed by atoms with E-state index in [1.807, 2.05) is 0 Å². The van der Waals surface area contributed by atoms with E-state index < -0.39 is 17.7 Å². The molecule has 3 rings (SSSR count). The van der Waals surface area contributed by atoms with Gasteiger partial charge in [0.2, 0.25) is 0 Å². The number of carbonyl (C=O) groups excluding carboxylic acids is 2. The van der Waals surface area contributed by atoms with Crippen LogP contribution in [0.1, 0.15) is 31.3 Å². The molecule has 0 N–H and O–H groups in total. The van der Waals surface area contributed by atoms with E-state index in [2.05, 4.69) is 10.1 Å². The van der Waals surface area contributed by atoms with Gasteiger partial charge >= 0.3 is 12.1 Å². The van der Waals surface area contributed by atoms with Gasteiger partial charge in [0.25, 0.3) is 0 Å². The van der Waals surface area contributed by atoms with Gasteiger partial charge in [-0.2, -0.15) is 5.10 Å². The molecule has 0 unspecified atom stereocenters. The van der Waals surface area contributed by atoms with Crippen LogP contribution in [-0.2, 0) is 16.5 Å². The van der Waals surface area contributed by atoms with E-state index in [4.69, 9.17) is 9.47 Å². The molecule has 0 radical (unpaired) electrons. The Morgan fingerprint density at radius 1 is 1.15 bits per heavy atom. The van der Waals surface area contributed by atoms with Crippen molar-refractivity contribution in [1.82, 2.24) is 19.3 Å². The lowest BCUT2D eigenvalue weighted by Gasteiger charge is -2.20. The molecule has 26 heavy (non-hydrogen) atoms. The molecule has 0 saturated heterocycles. The lowest BCUT2D eigenvalue weighted by Crippen LogP contribution is -2.27. The number of esters is 1.